The molecule has 0 aliphatic carbocycles. The third kappa shape index (κ3) is 23.9. The van der Waals surface area contributed by atoms with Crippen molar-refractivity contribution in [3.8, 4) is 0 Å². The van der Waals surface area contributed by atoms with Gasteiger partial charge in [-0.15, -0.1) is 0 Å². The predicted octanol–water partition coefficient (Wildman–Crippen LogP) is -2.26. The van der Waals surface area contributed by atoms with Crippen LogP contribution < -0.4 is 31.9 Å². The van der Waals surface area contributed by atoms with E-state index in [1.54, 1.807) is 203 Å². The van der Waals surface area contributed by atoms with Crippen LogP contribution in [-0.4, -0.2) is 299 Å². The zero-order valence-electron chi connectivity index (χ0n) is 51.0. The number of amides is 9. The summed E-state index contributed by atoms with van der Waals surface area (Å²) in [5, 5.41) is 165. The van der Waals surface area contributed by atoms with Crippen LogP contribution in [0.5, 0.6) is 0 Å². The van der Waals surface area contributed by atoms with Crippen LogP contribution in [0.3, 0.4) is 0 Å². The molecule has 0 aliphatic rings. The second-order valence-corrected chi connectivity index (χ2v) is 31.0. The van der Waals surface area contributed by atoms with Gasteiger partial charge in [0.2, 0.25) is 0 Å². The van der Waals surface area contributed by atoms with Crippen molar-refractivity contribution in [2.24, 2.45) is 5.92 Å². The Morgan fingerprint density at radius 1 is 0.330 bits per heavy atom. The van der Waals surface area contributed by atoms with E-state index >= 15 is 0 Å². The Bertz CT molecular complexity index is 3040. The normalized spacial score (nSPS) is 14.5. The number of halogens is 9. The molecular weight excluding hydrogens is 2310 g/mol. The Balaban J connectivity index is 2.25. The number of aliphatic hydroxyl groups is 15. The predicted molar refractivity (Wildman–Crippen MR) is 421 cm³/mol. The van der Waals surface area contributed by atoms with Gasteiger partial charge < -0.3 is 123 Å². The summed E-state index contributed by atoms with van der Waals surface area (Å²) >= 11 is 15.6. The fraction of sp³-hybridized carbons (Fsp3) is 0.509. The van der Waals surface area contributed by atoms with Crippen LogP contribution in [-0.2, 0) is 14.4 Å². The summed E-state index contributed by atoms with van der Waals surface area (Å²) in [6.07, 6.45) is -16.5. The van der Waals surface area contributed by atoms with E-state index in [0.717, 1.165) is 14.7 Å². The molecule has 0 saturated heterocycles. The van der Waals surface area contributed by atoms with Gasteiger partial charge in [-0.2, -0.15) is 0 Å². The van der Waals surface area contributed by atoms with Crippen molar-refractivity contribution >= 4 is 274 Å². The molecule has 0 bridgehead atoms. The fourth-order valence-corrected chi connectivity index (χ4v) is 21.9. The monoisotopic (exact) mass is 2380 g/mol. The number of carbonyl (C=O) groups excluding carboxylic acids is 9. The van der Waals surface area contributed by atoms with E-state index in [2.05, 4.69) is 31.9 Å². The first-order chi connectivity index (χ1) is 45.4. The van der Waals surface area contributed by atoms with Gasteiger partial charge in [-0.1, -0.05) is 0 Å². The molecule has 21 N–H and O–H groups in total. The van der Waals surface area contributed by atoms with Crippen molar-refractivity contribution in [3.63, 3.8) is 0 Å². The first kappa shape index (κ1) is 90.1. The van der Waals surface area contributed by atoms with Crippen LogP contribution in [0.15, 0.2) is 0 Å². The SMILES string of the molecule is CN(CC(O)CO)C(=O)c1c(I)c(NC(=O)C(O)C(O)CO)c(I)c(C(=O)NCCC(CCNC(=O)c2c(I)c(NC(=O)C(O)C(O)CO)c(I)c(C(=O)N(C)CC(O)CO)c2I)CCNC(=O)c2c(I)c(NC(=O)C(O)C(O)CO)c(I)c(C(=O)N(C)CC(O)CO)c2I)c1I. The lowest BCUT2D eigenvalue weighted by molar-refractivity contribution is -0.131. The number of nitrogens with one attached hydrogen (secondary N) is 6. The van der Waals surface area contributed by atoms with Crippen molar-refractivity contribution in [2.45, 2.75) is 74.2 Å². The van der Waals surface area contributed by atoms with Crippen LogP contribution in [0.4, 0.5) is 17.1 Å². The molecule has 542 valence electrons. The fourth-order valence-electron chi connectivity index (χ4n) is 8.71. The van der Waals surface area contributed by atoms with Gasteiger partial charge >= 0.3 is 0 Å². The Morgan fingerprint density at radius 3 is 0.732 bits per heavy atom. The molecule has 9 amide bonds. The van der Waals surface area contributed by atoms with Gasteiger partial charge in [-0.25, -0.2) is 0 Å². The second-order valence-electron chi connectivity index (χ2n) is 21.3. The summed E-state index contributed by atoms with van der Waals surface area (Å²) in [5.41, 5.74) is -1.56. The van der Waals surface area contributed by atoms with Gasteiger partial charge in [0.25, 0.3) is 53.2 Å². The van der Waals surface area contributed by atoms with E-state index in [1.165, 1.54) is 21.1 Å². The van der Waals surface area contributed by atoms with Gasteiger partial charge in [0.15, 0.2) is 18.3 Å². The summed E-state index contributed by atoms with van der Waals surface area (Å²) in [5.74, 6) is -9.18. The minimum Gasteiger partial charge on any atom is -0.394 e. The second kappa shape index (κ2) is 42.7. The van der Waals surface area contributed by atoms with E-state index in [0.29, 0.717) is 0 Å². The number of aliphatic hydroxyl groups excluding tert-OH is 15. The third-order valence-electron chi connectivity index (χ3n) is 14.1. The highest BCUT2D eigenvalue weighted by Crippen LogP contribution is 2.40. The van der Waals surface area contributed by atoms with Gasteiger partial charge in [-0.3, -0.25) is 43.2 Å². The Hall–Kier alpha value is -1.14. The van der Waals surface area contributed by atoms with E-state index in [1.807, 2.05) is 0 Å². The maximum absolute atomic E-state index is 14.6. The van der Waals surface area contributed by atoms with Crippen LogP contribution in [0.25, 0.3) is 0 Å². The van der Waals surface area contributed by atoms with Crippen molar-refractivity contribution in [1.29, 1.82) is 0 Å². The van der Waals surface area contributed by atoms with Crippen molar-refractivity contribution in [2.75, 3.05) is 116 Å². The molecule has 42 heteroatoms. The van der Waals surface area contributed by atoms with E-state index in [4.69, 9.17) is 0 Å². The maximum Gasteiger partial charge on any atom is 0.256 e. The Kier molecular flexibility index (Phi) is 39.7. The molecule has 97 heavy (non-hydrogen) atoms. The van der Waals surface area contributed by atoms with E-state index in [9.17, 15) is 120 Å². The lowest BCUT2D eigenvalue weighted by Gasteiger charge is -2.25. The smallest absolute Gasteiger partial charge is 0.256 e. The summed E-state index contributed by atoms with van der Waals surface area (Å²) < 4.78 is 0.333. The summed E-state index contributed by atoms with van der Waals surface area (Å²) in [7, 11) is 3.90. The molecule has 3 rings (SSSR count). The standard InChI is InChI=1S/C55H70I9N9O24/c1-71(10-20(80)13-74)53(95)29-32(56)26(35(59)41(38(29)62)68-50(92)44(86)23(83)16-77)47(89)65-7-4-19(5-8-66-48(90)27-33(57)30(54(96)72(2)11-21(81)14-75)39(63)42(36(27)60)69-51(93)45(87)24(84)17-78)6-9-67-49(91)28-34(58)31(55(97)73(3)12-22(82)15-76)40(64)43(37(28)61)70-52(94)46(88)25(85)18-79/h19-25,44-46,74-88H,4-18H2,1-3H3,(H,65,89)(H,66,90)(H,67,91)(H,68,92)(H,69,93)(H,70,94). The van der Waals surface area contributed by atoms with Crippen molar-refractivity contribution < 1.29 is 120 Å². The number of nitrogens with zero attached hydrogens (tertiary/aromatic N) is 3. The lowest BCUT2D eigenvalue weighted by Crippen LogP contribution is -2.41. The Morgan fingerprint density at radius 2 is 0.536 bits per heavy atom. The lowest BCUT2D eigenvalue weighted by atomic mass is 9.96. The van der Waals surface area contributed by atoms with Crippen molar-refractivity contribution in [1.82, 2.24) is 30.7 Å². The molecule has 0 saturated carbocycles. The first-order valence-corrected chi connectivity index (χ1v) is 38.0. The Labute approximate surface area is 676 Å². The molecule has 0 spiro atoms. The molecule has 9 atom stereocenters. The number of hydrogen-bond donors (Lipinski definition) is 21. The maximum atomic E-state index is 14.6. The molecule has 0 fully saturated rings. The molecule has 3 aromatic rings. The molecule has 0 aliphatic heterocycles. The third-order valence-corrected chi connectivity index (χ3v) is 23.8. The summed E-state index contributed by atoms with van der Waals surface area (Å²) in [4.78, 5) is 129. The minimum absolute atomic E-state index is 0.0281. The minimum atomic E-state index is -2.19. The number of benzene rings is 3. The van der Waals surface area contributed by atoms with Gasteiger partial charge in [0.1, 0.15) is 18.3 Å². The average molecular weight is 2380 g/mol. The average Bonchev–Trinajstić information content (AvgIpc) is 0.779. The highest BCUT2D eigenvalue weighted by Gasteiger charge is 2.37. The van der Waals surface area contributed by atoms with Crippen LogP contribution >= 0.6 is 203 Å². The molecule has 3 aromatic carbocycles. The van der Waals surface area contributed by atoms with Gasteiger partial charge in [0, 0.05) is 71.1 Å². The molecular formula is C55H70I9N9O24. The number of anilines is 3. The highest BCUT2D eigenvalue weighted by atomic mass is 127. The van der Waals surface area contributed by atoms with Gasteiger partial charge in [0.05, 0.1) is 130 Å². The van der Waals surface area contributed by atoms with Crippen LogP contribution in [0, 0.1) is 38.0 Å². The molecule has 0 radical (unpaired) electrons. The zero-order chi connectivity index (χ0) is 73.9. The van der Waals surface area contributed by atoms with Gasteiger partial charge in [-0.05, 0) is 228 Å². The number of hydrogen-bond acceptors (Lipinski definition) is 24. The quantitative estimate of drug-likeness (QED) is 0.0273. The molecule has 0 aromatic heterocycles. The molecule has 9 unspecified atom stereocenters. The van der Waals surface area contributed by atoms with E-state index in [-0.39, 0.29) is 141 Å². The number of carbonyl (C=O) groups is 9. The van der Waals surface area contributed by atoms with E-state index < -0.39 is 154 Å². The number of rotatable bonds is 36. The summed E-state index contributed by atoms with van der Waals surface area (Å²) in [6, 6.07) is 0. The topological polar surface area (TPSA) is 539 Å². The highest BCUT2D eigenvalue weighted by molar-refractivity contribution is 14.1. The van der Waals surface area contributed by atoms with Crippen molar-refractivity contribution in [3.05, 3.63) is 65.5 Å². The van der Waals surface area contributed by atoms with Crippen LogP contribution in [0.1, 0.15) is 81.4 Å². The van der Waals surface area contributed by atoms with Crippen LogP contribution in [0.2, 0.25) is 0 Å². The first-order valence-electron chi connectivity index (χ1n) is 28.3. The molecule has 33 nitrogen and oxygen atoms in total. The zero-order valence-corrected chi connectivity index (χ0v) is 70.4. The number of likely N-dealkylation sites (N-methyl/N-ethyl adjacent to an activating group) is 3. The largest absolute Gasteiger partial charge is 0.394 e. The molecule has 0 heterocycles. The summed E-state index contributed by atoms with van der Waals surface area (Å²) in [6.45, 7) is -6.99.